The number of rotatable bonds is 7. The molecule has 1 aliphatic heterocycles. The molecule has 0 unspecified atom stereocenters. The van der Waals surface area contributed by atoms with Gasteiger partial charge in [0.2, 0.25) is 0 Å². The summed E-state index contributed by atoms with van der Waals surface area (Å²) in [5, 5.41) is 3.23. The number of amides is 2. The van der Waals surface area contributed by atoms with Gasteiger partial charge in [0.15, 0.2) is 0 Å². The molecule has 1 N–H and O–H groups in total. The van der Waals surface area contributed by atoms with Gasteiger partial charge in [-0.15, -0.1) is 0 Å². The van der Waals surface area contributed by atoms with Crippen LogP contribution < -0.4 is 10.2 Å². The van der Waals surface area contributed by atoms with Crippen LogP contribution in [-0.4, -0.2) is 37.4 Å². The molecule has 0 atom stereocenters. The van der Waals surface area contributed by atoms with E-state index in [2.05, 4.69) is 5.32 Å². The lowest BCUT2D eigenvalue weighted by Gasteiger charge is -2.16. The molecule has 0 aliphatic carbocycles. The van der Waals surface area contributed by atoms with Gasteiger partial charge in [-0.2, -0.15) is 0 Å². The number of imide groups is 1. The molecular formula is C27H27N3O2. The predicted molar refractivity (Wildman–Crippen MR) is 129 cm³/mol. The zero-order valence-corrected chi connectivity index (χ0v) is 18.6. The number of benzene rings is 3. The smallest absolute Gasteiger partial charge is 0.278 e. The molecule has 3 aromatic rings. The molecule has 162 valence electrons. The summed E-state index contributed by atoms with van der Waals surface area (Å²) in [6, 6.07) is 25.4. The lowest BCUT2D eigenvalue weighted by molar-refractivity contribution is -0.136. The summed E-state index contributed by atoms with van der Waals surface area (Å²) in [5.41, 5.74) is 5.49. The first-order valence-electron chi connectivity index (χ1n) is 10.7. The van der Waals surface area contributed by atoms with Crippen molar-refractivity contribution in [2.75, 3.05) is 30.9 Å². The maximum Gasteiger partial charge on any atom is 0.278 e. The van der Waals surface area contributed by atoms with E-state index in [1.54, 1.807) is 0 Å². The van der Waals surface area contributed by atoms with Crippen molar-refractivity contribution in [3.8, 4) is 0 Å². The van der Waals surface area contributed by atoms with E-state index in [1.165, 1.54) is 4.90 Å². The molecule has 5 heteroatoms. The van der Waals surface area contributed by atoms with Crippen LogP contribution in [-0.2, 0) is 16.0 Å². The average molecular weight is 426 g/mol. The zero-order valence-electron chi connectivity index (χ0n) is 18.6. The Kier molecular flexibility index (Phi) is 6.08. The molecule has 3 aromatic carbocycles. The number of nitrogens with zero attached hydrogens (tertiary/aromatic N) is 2. The van der Waals surface area contributed by atoms with Crippen LogP contribution in [0, 0.1) is 6.92 Å². The van der Waals surface area contributed by atoms with Crippen molar-refractivity contribution in [3.63, 3.8) is 0 Å². The van der Waals surface area contributed by atoms with E-state index < -0.39 is 0 Å². The fourth-order valence-electron chi connectivity index (χ4n) is 3.76. The Labute approximate surface area is 189 Å². The molecule has 4 rings (SSSR count). The van der Waals surface area contributed by atoms with Crippen molar-refractivity contribution in [3.05, 3.63) is 101 Å². The highest BCUT2D eigenvalue weighted by atomic mass is 16.2. The van der Waals surface area contributed by atoms with Gasteiger partial charge < -0.3 is 10.2 Å². The van der Waals surface area contributed by atoms with E-state index in [0.29, 0.717) is 24.2 Å². The molecule has 0 saturated heterocycles. The number of hydrogen-bond donors (Lipinski definition) is 1. The van der Waals surface area contributed by atoms with Crippen molar-refractivity contribution in [1.29, 1.82) is 0 Å². The van der Waals surface area contributed by atoms with Crippen molar-refractivity contribution in [2.45, 2.75) is 13.3 Å². The Hall–Kier alpha value is -3.86. The summed E-state index contributed by atoms with van der Waals surface area (Å²) < 4.78 is 0. The van der Waals surface area contributed by atoms with Crippen molar-refractivity contribution in [2.24, 2.45) is 0 Å². The largest absolute Gasteiger partial charge is 0.378 e. The van der Waals surface area contributed by atoms with Gasteiger partial charge in [-0.3, -0.25) is 14.5 Å². The molecule has 32 heavy (non-hydrogen) atoms. The van der Waals surface area contributed by atoms with Crippen molar-refractivity contribution >= 4 is 28.8 Å². The first-order valence-corrected chi connectivity index (χ1v) is 10.7. The van der Waals surface area contributed by atoms with Gasteiger partial charge in [-0.1, -0.05) is 60.2 Å². The maximum absolute atomic E-state index is 13.4. The van der Waals surface area contributed by atoms with Gasteiger partial charge in [0, 0.05) is 32.0 Å². The molecule has 2 amide bonds. The van der Waals surface area contributed by atoms with Gasteiger partial charge >= 0.3 is 0 Å². The predicted octanol–water partition coefficient (Wildman–Crippen LogP) is 4.50. The number of anilines is 2. The van der Waals surface area contributed by atoms with E-state index in [0.717, 1.165) is 28.1 Å². The molecule has 0 fully saturated rings. The van der Waals surface area contributed by atoms with E-state index in [-0.39, 0.29) is 11.8 Å². The minimum atomic E-state index is -0.293. The van der Waals surface area contributed by atoms with Crippen LogP contribution >= 0.6 is 0 Å². The summed E-state index contributed by atoms with van der Waals surface area (Å²) in [7, 11) is 3.95. The quantitative estimate of drug-likeness (QED) is 0.567. The number of aryl methyl sites for hydroxylation is 1. The Morgan fingerprint density at radius 1 is 0.812 bits per heavy atom. The van der Waals surface area contributed by atoms with Gasteiger partial charge in [0.25, 0.3) is 11.8 Å². The van der Waals surface area contributed by atoms with Gasteiger partial charge in [0.05, 0.1) is 5.57 Å². The molecule has 0 radical (unpaired) electrons. The Balaban J connectivity index is 1.65. The Bertz CT molecular complexity index is 1150. The summed E-state index contributed by atoms with van der Waals surface area (Å²) in [4.78, 5) is 30.1. The van der Waals surface area contributed by atoms with Crippen LogP contribution in [0.3, 0.4) is 0 Å². The van der Waals surface area contributed by atoms with Gasteiger partial charge in [0.1, 0.15) is 5.70 Å². The van der Waals surface area contributed by atoms with Crippen molar-refractivity contribution in [1.82, 2.24) is 4.90 Å². The summed E-state index contributed by atoms with van der Waals surface area (Å²) >= 11 is 0. The third-order valence-electron chi connectivity index (χ3n) is 5.63. The van der Waals surface area contributed by atoms with E-state index >= 15 is 0 Å². The van der Waals surface area contributed by atoms with Crippen LogP contribution in [0.25, 0.3) is 5.57 Å². The number of carbonyl (C=O) groups is 2. The minimum absolute atomic E-state index is 0.262. The second-order valence-electron chi connectivity index (χ2n) is 8.18. The third kappa shape index (κ3) is 4.42. The molecule has 1 heterocycles. The van der Waals surface area contributed by atoms with Crippen LogP contribution in [0.4, 0.5) is 11.4 Å². The number of hydrogen-bond acceptors (Lipinski definition) is 4. The summed E-state index contributed by atoms with van der Waals surface area (Å²) in [6.45, 7) is 2.33. The van der Waals surface area contributed by atoms with Crippen LogP contribution in [0.5, 0.6) is 0 Å². The first-order chi connectivity index (χ1) is 15.4. The third-order valence-corrected chi connectivity index (χ3v) is 5.63. The highest BCUT2D eigenvalue weighted by Gasteiger charge is 2.38. The lowest BCUT2D eigenvalue weighted by Crippen LogP contribution is -2.34. The number of nitrogens with one attached hydrogen (secondary N) is 1. The minimum Gasteiger partial charge on any atom is -0.378 e. The standard InChI is InChI=1S/C27H27N3O2/c1-19-9-11-21(12-10-19)24-25(28-22-13-15-23(16-14-22)29(2)3)27(32)30(26(24)31)18-17-20-7-5-4-6-8-20/h4-16,28H,17-18H2,1-3H3. The van der Waals surface area contributed by atoms with Crippen molar-refractivity contribution < 1.29 is 9.59 Å². The fraction of sp³-hybridized carbons (Fsp3) is 0.185. The Morgan fingerprint density at radius 3 is 2.09 bits per heavy atom. The van der Waals surface area contributed by atoms with Crippen LogP contribution in [0.1, 0.15) is 16.7 Å². The second-order valence-corrected chi connectivity index (χ2v) is 8.18. The summed E-state index contributed by atoms with van der Waals surface area (Å²) in [6.07, 6.45) is 0.615. The Morgan fingerprint density at radius 2 is 1.47 bits per heavy atom. The van der Waals surface area contributed by atoms with Crippen LogP contribution in [0.15, 0.2) is 84.6 Å². The maximum atomic E-state index is 13.4. The first kappa shape index (κ1) is 21.4. The van der Waals surface area contributed by atoms with Gasteiger partial charge in [-0.25, -0.2) is 0 Å². The highest BCUT2D eigenvalue weighted by molar-refractivity contribution is 6.36. The average Bonchev–Trinajstić information content (AvgIpc) is 3.03. The fourth-order valence-corrected chi connectivity index (χ4v) is 3.76. The van der Waals surface area contributed by atoms with Crippen LogP contribution in [0.2, 0.25) is 0 Å². The monoisotopic (exact) mass is 425 g/mol. The molecule has 1 aliphatic rings. The van der Waals surface area contributed by atoms with E-state index in [1.807, 2.05) is 105 Å². The molecular weight excluding hydrogens is 398 g/mol. The molecule has 0 bridgehead atoms. The molecule has 0 aromatic heterocycles. The number of carbonyl (C=O) groups excluding carboxylic acids is 2. The van der Waals surface area contributed by atoms with E-state index in [4.69, 9.17) is 0 Å². The summed E-state index contributed by atoms with van der Waals surface area (Å²) in [5.74, 6) is -0.555. The van der Waals surface area contributed by atoms with E-state index in [9.17, 15) is 9.59 Å². The molecule has 0 saturated carbocycles. The highest BCUT2D eigenvalue weighted by Crippen LogP contribution is 2.31. The lowest BCUT2D eigenvalue weighted by atomic mass is 10.0. The second kappa shape index (κ2) is 9.10. The SMILES string of the molecule is Cc1ccc(C2=C(Nc3ccc(N(C)C)cc3)C(=O)N(CCc3ccccc3)C2=O)cc1. The molecule has 0 spiro atoms. The topological polar surface area (TPSA) is 52.7 Å². The molecule has 5 nitrogen and oxygen atoms in total. The van der Waals surface area contributed by atoms with Gasteiger partial charge in [-0.05, 0) is 48.7 Å². The zero-order chi connectivity index (χ0) is 22.7. The normalized spacial score (nSPS) is 13.7.